The molecule has 0 aromatic heterocycles. The van der Waals surface area contributed by atoms with Crippen molar-refractivity contribution >= 4 is 11.9 Å². The minimum absolute atomic E-state index is 0.157. The second-order valence-electron chi connectivity index (χ2n) is 3.66. The Hall–Kier alpha value is -1.32. The Balaban J connectivity index is 3.26. The van der Waals surface area contributed by atoms with Gasteiger partial charge in [-0.05, 0) is 32.6 Å². The third-order valence-electron chi connectivity index (χ3n) is 2.15. The number of carbonyl (C=O) groups is 2. The van der Waals surface area contributed by atoms with Crippen LogP contribution in [0, 0.1) is 0 Å². The molecule has 0 unspecified atom stereocenters. The van der Waals surface area contributed by atoms with Crippen LogP contribution in [0.4, 0.5) is 0 Å². The van der Waals surface area contributed by atoms with E-state index in [2.05, 4.69) is 6.58 Å². The summed E-state index contributed by atoms with van der Waals surface area (Å²) in [6, 6.07) is 0. The molecule has 0 aliphatic heterocycles. The maximum Gasteiger partial charge on any atom is 0.306 e. The molecule has 0 aliphatic carbocycles. The van der Waals surface area contributed by atoms with Gasteiger partial charge in [-0.25, -0.2) is 0 Å². The summed E-state index contributed by atoms with van der Waals surface area (Å²) in [7, 11) is 0. The fourth-order valence-electron chi connectivity index (χ4n) is 1.26. The second kappa shape index (κ2) is 11.2. The zero-order valence-electron chi connectivity index (χ0n) is 10.6. The molecule has 0 radical (unpaired) electrons. The molecule has 0 saturated carbocycles. The smallest absolute Gasteiger partial charge is 0.306 e. The van der Waals surface area contributed by atoms with Crippen molar-refractivity contribution < 1.29 is 19.1 Å². The molecule has 17 heavy (non-hydrogen) atoms. The SMILES string of the molecule is C=CCCC(=O)OCCCCCC(=O)OCC. The van der Waals surface area contributed by atoms with Gasteiger partial charge in [0.25, 0.3) is 0 Å². The van der Waals surface area contributed by atoms with Crippen molar-refractivity contribution in [1.82, 2.24) is 0 Å². The topological polar surface area (TPSA) is 52.6 Å². The van der Waals surface area contributed by atoms with Gasteiger partial charge in [0.1, 0.15) is 0 Å². The summed E-state index contributed by atoms with van der Waals surface area (Å²) in [6.45, 7) is 6.19. The fourth-order valence-corrected chi connectivity index (χ4v) is 1.26. The molecule has 0 fully saturated rings. The first-order valence-electron chi connectivity index (χ1n) is 6.12. The van der Waals surface area contributed by atoms with Crippen molar-refractivity contribution in [2.45, 2.75) is 45.4 Å². The molecule has 4 heteroatoms. The molecule has 98 valence electrons. The summed E-state index contributed by atoms with van der Waals surface area (Å²) in [5.41, 5.74) is 0. The van der Waals surface area contributed by atoms with E-state index < -0.39 is 0 Å². The summed E-state index contributed by atoms with van der Waals surface area (Å²) in [5, 5.41) is 0. The molecule has 0 aromatic rings. The van der Waals surface area contributed by atoms with Crippen LogP contribution < -0.4 is 0 Å². The molecule has 0 heterocycles. The van der Waals surface area contributed by atoms with Crippen LogP contribution in [-0.4, -0.2) is 25.2 Å². The predicted molar refractivity (Wildman–Crippen MR) is 65.5 cm³/mol. The first-order chi connectivity index (χ1) is 8.20. The van der Waals surface area contributed by atoms with Gasteiger partial charge in [0, 0.05) is 12.8 Å². The number of hydrogen-bond donors (Lipinski definition) is 0. The van der Waals surface area contributed by atoms with E-state index in [1.807, 2.05) is 0 Å². The number of carbonyl (C=O) groups excluding carboxylic acids is 2. The minimum Gasteiger partial charge on any atom is -0.466 e. The Labute approximate surface area is 103 Å². The molecule has 0 aliphatic rings. The van der Waals surface area contributed by atoms with Crippen molar-refractivity contribution in [1.29, 1.82) is 0 Å². The standard InChI is InChI=1S/C13H22O4/c1-3-5-9-13(15)17-11-8-6-7-10-12(14)16-4-2/h3H,1,4-11H2,2H3. The van der Waals surface area contributed by atoms with E-state index in [9.17, 15) is 9.59 Å². The third kappa shape index (κ3) is 11.0. The Morgan fingerprint density at radius 3 is 2.41 bits per heavy atom. The summed E-state index contributed by atoms with van der Waals surface area (Å²) < 4.78 is 9.79. The average Bonchev–Trinajstić information content (AvgIpc) is 2.31. The van der Waals surface area contributed by atoms with Crippen LogP contribution in [0.25, 0.3) is 0 Å². The zero-order chi connectivity index (χ0) is 12.9. The summed E-state index contributed by atoms with van der Waals surface area (Å²) >= 11 is 0. The van der Waals surface area contributed by atoms with Crippen LogP contribution in [0.1, 0.15) is 45.4 Å². The zero-order valence-corrected chi connectivity index (χ0v) is 10.6. The molecule has 0 bridgehead atoms. The highest BCUT2D eigenvalue weighted by Crippen LogP contribution is 2.02. The molecular formula is C13H22O4. The van der Waals surface area contributed by atoms with Gasteiger partial charge in [-0.15, -0.1) is 6.58 Å². The van der Waals surface area contributed by atoms with Gasteiger partial charge in [-0.1, -0.05) is 6.08 Å². The van der Waals surface area contributed by atoms with E-state index in [0.717, 1.165) is 19.3 Å². The second-order valence-corrected chi connectivity index (χ2v) is 3.66. The van der Waals surface area contributed by atoms with E-state index >= 15 is 0 Å². The van der Waals surface area contributed by atoms with E-state index in [-0.39, 0.29) is 11.9 Å². The Bertz CT molecular complexity index is 236. The molecule has 0 spiro atoms. The average molecular weight is 242 g/mol. The lowest BCUT2D eigenvalue weighted by atomic mass is 10.2. The molecule has 0 aromatic carbocycles. The summed E-state index contributed by atoms with van der Waals surface area (Å²) in [5.74, 6) is -0.342. The quantitative estimate of drug-likeness (QED) is 0.336. The van der Waals surface area contributed by atoms with Gasteiger partial charge < -0.3 is 9.47 Å². The largest absolute Gasteiger partial charge is 0.466 e. The van der Waals surface area contributed by atoms with Crippen LogP contribution in [-0.2, 0) is 19.1 Å². The van der Waals surface area contributed by atoms with Crippen LogP contribution in [0.5, 0.6) is 0 Å². The van der Waals surface area contributed by atoms with E-state index in [4.69, 9.17) is 9.47 Å². The molecule has 0 saturated heterocycles. The lowest BCUT2D eigenvalue weighted by Gasteiger charge is -2.04. The monoisotopic (exact) mass is 242 g/mol. The summed E-state index contributed by atoms with van der Waals surface area (Å²) in [6.07, 6.45) is 5.63. The fraction of sp³-hybridized carbons (Fsp3) is 0.692. The Kier molecular flexibility index (Phi) is 10.3. The molecule has 4 nitrogen and oxygen atoms in total. The number of esters is 2. The third-order valence-corrected chi connectivity index (χ3v) is 2.15. The highest BCUT2D eigenvalue weighted by Gasteiger charge is 2.02. The van der Waals surface area contributed by atoms with Crippen LogP contribution >= 0.6 is 0 Å². The number of rotatable bonds is 10. The van der Waals surface area contributed by atoms with E-state index in [0.29, 0.717) is 32.5 Å². The highest BCUT2D eigenvalue weighted by atomic mass is 16.5. The molecule has 0 amide bonds. The Morgan fingerprint density at radius 1 is 1.06 bits per heavy atom. The van der Waals surface area contributed by atoms with Crippen molar-refractivity contribution in [3.05, 3.63) is 12.7 Å². The molecule has 0 atom stereocenters. The minimum atomic E-state index is -0.185. The van der Waals surface area contributed by atoms with Crippen LogP contribution in [0.2, 0.25) is 0 Å². The van der Waals surface area contributed by atoms with E-state index in [1.54, 1.807) is 13.0 Å². The number of ether oxygens (including phenoxy) is 2. The van der Waals surface area contributed by atoms with Gasteiger partial charge in [0.15, 0.2) is 0 Å². The first-order valence-corrected chi connectivity index (χ1v) is 6.12. The van der Waals surface area contributed by atoms with Crippen molar-refractivity contribution in [3.63, 3.8) is 0 Å². The first kappa shape index (κ1) is 15.7. The molecule has 0 rings (SSSR count). The number of hydrogen-bond acceptors (Lipinski definition) is 4. The van der Waals surface area contributed by atoms with Gasteiger partial charge >= 0.3 is 11.9 Å². The van der Waals surface area contributed by atoms with Crippen molar-refractivity contribution in [3.8, 4) is 0 Å². The molecular weight excluding hydrogens is 220 g/mol. The van der Waals surface area contributed by atoms with Crippen molar-refractivity contribution in [2.75, 3.05) is 13.2 Å². The predicted octanol–water partition coefficient (Wildman–Crippen LogP) is 2.62. The lowest BCUT2D eigenvalue weighted by molar-refractivity contribution is -0.145. The van der Waals surface area contributed by atoms with Crippen LogP contribution in [0.15, 0.2) is 12.7 Å². The number of unbranched alkanes of at least 4 members (excludes halogenated alkanes) is 2. The van der Waals surface area contributed by atoms with Crippen molar-refractivity contribution in [2.24, 2.45) is 0 Å². The van der Waals surface area contributed by atoms with Crippen LogP contribution in [0.3, 0.4) is 0 Å². The summed E-state index contributed by atoms with van der Waals surface area (Å²) in [4.78, 5) is 22.1. The Morgan fingerprint density at radius 2 is 1.76 bits per heavy atom. The normalized spacial score (nSPS) is 9.71. The maximum atomic E-state index is 11.1. The highest BCUT2D eigenvalue weighted by molar-refractivity contribution is 5.69. The maximum absolute atomic E-state index is 11.1. The van der Waals surface area contributed by atoms with Gasteiger partial charge in [0.2, 0.25) is 0 Å². The van der Waals surface area contributed by atoms with E-state index in [1.165, 1.54) is 0 Å². The van der Waals surface area contributed by atoms with Gasteiger partial charge in [-0.3, -0.25) is 9.59 Å². The van der Waals surface area contributed by atoms with Gasteiger partial charge in [-0.2, -0.15) is 0 Å². The van der Waals surface area contributed by atoms with Gasteiger partial charge in [0.05, 0.1) is 13.2 Å². The number of allylic oxidation sites excluding steroid dienone is 1. The molecule has 0 N–H and O–H groups in total. The lowest BCUT2D eigenvalue weighted by Crippen LogP contribution is -2.06.